The molecule has 1 aromatic carbocycles. The van der Waals surface area contributed by atoms with Crippen molar-refractivity contribution >= 4 is 24.2 Å². The zero-order chi connectivity index (χ0) is 16.4. The van der Waals surface area contributed by atoms with Crippen LogP contribution >= 0.6 is 12.4 Å². The maximum Gasteiger partial charge on any atom is 0.251 e. The molecule has 0 bridgehead atoms. The minimum absolute atomic E-state index is 0. The first-order chi connectivity index (χ1) is 10.6. The number of methoxy groups -OCH3 is 2. The van der Waals surface area contributed by atoms with Crippen molar-refractivity contribution in [1.82, 2.24) is 10.6 Å². The Morgan fingerprint density at radius 1 is 1.13 bits per heavy atom. The van der Waals surface area contributed by atoms with Crippen molar-refractivity contribution < 1.29 is 19.1 Å². The molecule has 8 heteroatoms. The van der Waals surface area contributed by atoms with Gasteiger partial charge in [-0.05, 0) is 24.3 Å². The monoisotopic (exact) mass is 345 g/mol. The zero-order valence-corrected chi connectivity index (χ0v) is 14.2. The second kappa shape index (κ2) is 11.7. The normalized spacial score (nSPS) is 11.1. The summed E-state index contributed by atoms with van der Waals surface area (Å²) in [7, 11) is 3.08. The maximum absolute atomic E-state index is 11.9. The molecule has 2 amide bonds. The number of halogens is 1. The number of nitrogens with one attached hydrogen (secondary N) is 2. The lowest BCUT2D eigenvalue weighted by Gasteiger charge is -2.12. The van der Waals surface area contributed by atoms with Crippen LogP contribution in [0.1, 0.15) is 16.8 Å². The van der Waals surface area contributed by atoms with Gasteiger partial charge in [0.25, 0.3) is 5.91 Å². The summed E-state index contributed by atoms with van der Waals surface area (Å²) in [5.41, 5.74) is 5.98. The van der Waals surface area contributed by atoms with Crippen molar-refractivity contribution in [3.8, 4) is 5.75 Å². The first-order valence-corrected chi connectivity index (χ1v) is 7.02. The molecule has 1 unspecified atom stereocenters. The van der Waals surface area contributed by atoms with Crippen molar-refractivity contribution in [2.75, 3.05) is 33.9 Å². The first-order valence-electron chi connectivity index (χ1n) is 7.02. The van der Waals surface area contributed by atoms with E-state index in [0.29, 0.717) is 24.4 Å². The van der Waals surface area contributed by atoms with Gasteiger partial charge >= 0.3 is 0 Å². The molecule has 1 atom stereocenters. The molecule has 0 aliphatic rings. The lowest BCUT2D eigenvalue weighted by atomic mass is 10.2. The highest BCUT2D eigenvalue weighted by atomic mass is 35.5. The third-order valence-corrected chi connectivity index (χ3v) is 3.09. The van der Waals surface area contributed by atoms with Gasteiger partial charge in [-0.3, -0.25) is 9.59 Å². The van der Waals surface area contributed by atoms with Crippen LogP contribution in [0.15, 0.2) is 24.3 Å². The summed E-state index contributed by atoms with van der Waals surface area (Å²) in [5.74, 6) is 0.334. The Morgan fingerprint density at radius 3 is 2.26 bits per heavy atom. The fourth-order valence-corrected chi connectivity index (χ4v) is 1.76. The Morgan fingerprint density at radius 2 is 1.74 bits per heavy atom. The summed E-state index contributed by atoms with van der Waals surface area (Å²) < 4.78 is 10.1. The van der Waals surface area contributed by atoms with Crippen molar-refractivity contribution in [2.45, 2.75) is 12.5 Å². The number of amides is 2. The van der Waals surface area contributed by atoms with Crippen LogP contribution in [-0.4, -0.2) is 51.8 Å². The minimum atomic E-state index is -0.283. The zero-order valence-electron chi connectivity index (χ0n) is 13.3. The second-order valence-electron chi connectivity index (χ2n) is 4.63. The molecule has 1 rings (SSSR count). The van der Waals surface area contributed by atoms with Crippen molar-refractivity contribution in [3.05, 3.63) is 29.8 Å². The number of hydrogen-bond donors (Lipinski definition) is 3. The van der Waals surface area contributed by atoms with Gasteiger partial charge in [0, 0.05) is 32.3 Å². The van der Waals surface area contributed by atoms with Crippen LogP contribution in [0, 0.1) is 0 Å². The van der Waals surface area contributed by atoms with Crippen LogP contribution in [0.3, 0.4) is 0 Å². The number of carbonyl (C=O) groups is 2. The maximum atomic E-state index is 11.9. The van der Waals surface area contributed by atoms with Crippen LogP contribution in [-0.2, 0) is 9.53 Å². The van der Waals surface area contributed by atoms with E-state index in [0.717, 1.165) is 0 Å². The highest BCUT2D eigenvalue weighted by molar-refractivity contribution is 5.94. The minimum Gasteiger partial charge on any atom is -0.497 e. The molecular weight excluding hydrogens is 322 g/mol. The smallest absolute Gasteiger partial charge is 0.251 e. The van der Waals surface area contributed by atoms with Gasteiger partial charge in [0.15, 0.2) is 0 Å². The van der Waals surface area contributed by atoms with Crippen LogP contribution in [0.2, 0.25) is 0 Å². The molecule has 0 heterocycles. The predicted octanol–water partition coefficient (Wildman–Crippen LogP) is 0.327. The molecule has 0 aliphatic heterocycles. The molecule has 1 aromatic rings. The van der Waals surface area contributed by atoms with Crippen molar-refractivity contribution in [2.24, 2.45) is 5.73 Å². The number of carbonyl (C=O) groups excluding carboxylic acids is 2. The van der Waals surface area contributed by atoms with Gasteiger partial charge in [0.05, 0.1) is 19.6 Å². The summed E-state index contributed by atoms with van der Waals surface area (Å²) in [4.78, 5) is 23.4. The molecule has 7 nitrogen and oxygen atoms in total. The first kappa shape index (κ1) is 21.2. The number of rotatable bonds is 9. The van der Waals surface area contributed by atoms with E-state index in [1.165, 1.54) is 7.11 Å². The number of benzene rings is 1. The summed E-state index contributed by atoms with van der Waals surface area (Å²) in [6.07, 6.45) is -0.0757. The molecule has 0 saturated carbocycles. The Bertz CT molecular complexity index is 478. The molecule has 0 aliphatic carbocycles. The average Bonchev–Trinajstić information content (AvgIpc) is 2.56. The molecule has 4 N–H and O–H groups in total. The van der Waals surface area contributed by atoms with Crippen LogP contribution in [0.4, 0.5) is 0 Å². The van der Waals surface area contributed by atoms with Gasteiger partial charge in [0.1, 0.15) is 5.75 Å². The Labute approximate surface area is 142 Å². The molecule has 0 spiro atoms. The largest absolute Gasteiger partial charge is 0.497 e. The lowest BCUT2D eigenvalue weighted by molar-refractivity contribution is -0.123. The number of nitrogens with two attached hydrogens (primary N) is 1. The highest BCUT2D eigenvalue weighted by Crippen LogP contribution is 2.10. The summed E-state index contributed by atoms with van der Waals surface area (Å²) in [6.45, 7) is 0.983. The van der Waals surface area contributed by atoms with Crippen LogP contribution in [0.25, 0.3) is 0 Å². The molecule has 23 heavy (non-hydrogen) atoms. The Kier molecular flexibility index (Phi) is 10.8. The Balaban J connectivity index is 0.00000484. The van der Waals surface area contributed by atoms with Gasteiger partial charge in [-0.2, -0.15) is 0 Å². The SMILES string of the molecule is COc1ccc(C(=O)NCCNC(=O)CC(CN)OC)cc1.Cl. The average molecular weight is 346 g/mol. The molecule has 0 radical (unpaired) electrons. The fraction of sp³-hybridized carbons (Fsp3) is 0.467. The standard InChI is InChI=1S/C15H23N3O4.ClH/c1-21-12-5-3-11(4-6-12)15(20)18-8-7-17-14(19)9-13(10-16)22-2;/h3-6,13H,7-10,16H2,1-2H3,(H,17,19)(H,18,20);1H. The molecule has 0 fully saturated rings. The van der Waals surface area contributed by atoms with E-state index in [9.17, 15) is 9.59 Å². The highest BCUT2D eigenvalue weighted by Gasteiger charge is 2.11. The molecule has 130 valence electrons. The van der Waals surface area contributed by atoms with E-state index in [4.69, 9.17) is 15.2 Å². The topological polar surface area (TPSA) is 103 Å². The van der Waals surface area contributed by atoms with Gasteiger partial charge in [0.2, 0.25) is 5.91 Å². The third kappa shape index (κ3) is 7.83. The van der Waals surface area contributed by atoms with E-state index in [-0.39, 0.29) is 43.3 Å². The van der Waals surface area contributed by atoms with E-state index in [2.05, 4.69) is 10.6 Å². The second-order valence-corrected chi connectivity index (χ2v) is 4.63. The summed E-state index contributed by atoms with van der Waals surface area (Å²) in [5, 5.41) is 5.42. The van der Waals surface area contributed by atoms with Crippen LogP contribution in [0.5, 0.6) is 5.75 Å². The quantitative estimate of drug-likeness (QED) is 0.560. The molecule has 0 saturated heterocycles. The van der Waals surface area contributed by atoms with Gasteiger partial charge < -0.3 is 25.8 Å². The van der Waals surface area contributed by atoms with Gasteiger partial charge in [-0.15, -0.1) is 12.4 Å². The van der Waals surface area contributed by atoms with Gasteiger partial charge in [-0.1, -0.05) is 0 Å². The predicted molar refractivity (Wildman–Crippen MR) is 90.1 cm³/mol. The fourth-order valence-electron chi connectivity index (χ4n) is 1.76. The molecular formula is C15H24ClN3O4. The summed E-state index contributed by atoms with van der Waals surface area (Å²) >= 11 is 0. The Hall–Kier alpha value is -1.83. The van der Waals surface area contributed by atoms with Crippen LogP contribution < -0.4 is 21.1 Å². The number of ether oxygens (including phenoxy) is 2. The van der Waals surface area contributed by atoms with Crippen molar-refractivity contribution in [1.29, 1.82) is 0 Å². The van der Waals surface area contributed by atoms with E-state index < -0.39 is 0 Å². The van der Waals surface area contributed by atoms with Gasteiger partial charge in [-0.25, -0.2) is 0 Å². The van der Waals surface area contributed by atoms with E-state index >= 15 is 0 Å². The number of hydrogen-bond acceptors (Lipinski definition) is 5. The van der Waals surface area contributed by atoms with E-state index in [1.54, 1.807) is 31.4 Å². The molecule has 0 aromatic heterocycles. The third-order valence-electron chi connectivity index (χ3n) is 3.09. The lowest BCUT2D eigenvalue weighted by Crippen LogP contribution is -2.37. The summed E-state index contributed by atoms with van der Waals surface area (Å²) in [6, 6.07) is 6.79. The van der Waals surface area contributed by atoms with Crippen molar-refractivity contribution in [3.63, 3.8) is 0 Å². The van der Waals surface area contributed by atoms with E-state index in [1.807, 2.05) is 0 Å².